The van der Waals surface area contributed by atoms with Gasteiger partial charge in [-0.15, -0.1) is 0 Å². The van der Waals surface area contributed by atoms with Crippen molar-refractivity contribution in [3.63, 3.8) is 0 Å². The number of ether oxygens (including phenoxy) is 6. The van der Waals surface area contributed by atoms with E-state index in [0.717, 1.165) is 11.8 Å². The average molecular weight is 722 g/mol. The summed E-state index contributed by atoms with van der Waals surface area (Å²) in [6, 6.07) is 5.59. The minimum atomic E-state index is -1.38. The van der Waals surface area contributed by atoms with E-state index in [4.69, 9.17) is 28.4 Å². The average Bonchev–Trinajstić information content (AvgIpc) is 3.09. The Kier molecular flexibility index (Phi) is 17.2. The fraction of sp³-hybridized carbons (Fsp3) is 0.471. The number of thioether (sulfide) groups is 1. The summed E-state index contributed by atoms with van der Waals surface area (Å²) < 4.78 is 32.0. The number of hydrogen-bond donors (Lipinski definition) is 3. The van der Waals surface area contributed by atoms with E-state index < -0.39 is 18.0 Å². The summed E-state index contributed by atoms with van der Waals surface area (Å²) in [7, 11) is 12.3. The van der Waals surface area contributed by atoms with Crippen molar-refractivity contribution in [2.24, 2.45) is 0 Å². The zero-order valence-corrected chi connectivity index (χ0v) is 30.5. The second kappa shape index (κ2) is 20.8. The highest BCUT2D eigenvalue weighted by Crippen LogP contribution is 2.40. The molecule has 0 aliphatic heterocycles. The van der Waals surface area contributed by atoms with Gasteiger partial charge in [-0.1, -0.05) is 11.8 Å². The van der Waals surface area contributed by atoms with Crippen LogP contribution in [-0.2, 0) is 14.4 Å². The second-order valence-corrected chi connectivity index (χ2v) is 12.0. The van der Waals surface area contributed by atoms with Crippen molar-refractivity contribution in [2.45, 2.75) is 25.3 Å². The number of rotatable bonds is 22. The standard InChI is InChI=1S/C34H47N3O12S/c1-36(12-9-11-29(38)35-22-17-27(46-5)32(49-8)28(18-22)47-6)20-24(23(33(41)42)19-30(39)40)37(2)13-10-14-50-34(43)21-15-25(44-3)31(48-7)26(16-21)45-4/h15-19,24H,9-14,20H2,1-8H3,(H,35,38)(H,39,40)(H,41,42). The smallest absolute Gasteiger partial charge is 0.333 e. The zero-order valence-electron chi connectivity index (χ0n) is 29.7. The molecule has 0 spiro atoms. The van der Waals surface area contributed by atoms with Gasteiger partial charge in [0, 0.05) is 48.2 Å². The summed E-state index contributed by atoms with van der Waals surface area (Å²) in [5.74, 6) is -0.305. The highest BCUT2D eigenvalue weighted by Gasteiger charge is 2.27. The minimum Gasteiger partial charge on any atom is -0.493 e. The monoisotopic (exact) mass is 721 g/mol. The van der Waals surface area contributed by atoms with Gasteiger partial charge >= 0.3 is 11.9 Å². The predicted molar refractivity (Wildman–Crippen MR) is 189 cm³/mol. The number of nitrogens with zero attached hydrogens (tertiary/aromatic N) is 2. The van der Waals surface area contributed by atoms with Gasteiger partial charge in [-0.3, -0.25) is 14.5 Å². The normalized spacial score (nSPS) is 11.9. The molecular formula is C34H47N3O12S. The number of carboxylic acids is 2. The largest absolute Gasteiger partial charge is 0.493 e. The number of amides is 1. The molecule has 2 aromatic rings. The Morgan fingerprint density at radius 1 is 0.780 bits per heavy atom. The first-order valence-corrected chi connectivity index (χ1v) is 16.5. The van der Waals surface area contributed by atoms with E-state index in [9.17, 15) is 29.4 Å². The van der Waals surface area contributed by atoms with Gasteiger partial charge in [-0.05, 0) is 52.2 Å². The second-order valence-electron chi connectivity index (χ2n) is 11.0. The van der Waals surface area contributed by atoms with Gasteiger partial charge in [0.15, 0.2) is 23.0 Å². The van der Waals surface area contributed by atoms with Crippen LogP contribution >= 0.6 is 11.8 Å². The molecule has 15 nitrogen and oxygen atoms in total. The first-order valence-electron chi connectivity index (χ1n) is 15.5. The lowest BCUT2D eigenvalue weighted by molar-refractivity contribution is -0.135. The third kappa shape index (κ3) is 12.0. The maximum absolute atomic E-state index is 13.0. The van der Waals surface area contributed by atoms with Crippen LogP contribution in [0.1, 0.15) is 29.6 Å². The van der Waals surface area contributed by atoms with Crippen LogP contribution in [-0.4, -0.2) is 131 Å². The molecule has 0 heterocycles. The van der Waals surface area contributed by atoms with E-state index in [1.54, 1.807) is 43.3 Å². The number of likely N-dealkylation sites (N-methyl/N-ethyl adjacent to an activating group) is 2. The lowest BCUT2D eigenvalue weighted by Crippen LogP contribution is -2.45. The van der Waals surface area contributed by atoms with Gasteiger partial charge in [0.2, 0.25) is 22.5 Å². The summed E-state index contributed by atoms with van der Waals surface area (Å²) in [5, 5.41) is 21.9. The molecule has 50 heavy (non-hydrogen) atoms. The van der Waals surface area contributed by atoms with Crippen LogP contribution in [0, 0.1) is 0 Å². The Morgan fingerprint density at radius 3 is 1.76 bits per heavy atom. The summed E-state index contributed by atoms with van der Waals surface area (Å²) in [4.78, 5) is 53.0. The summed E-state index contributed by atoms with van der Waals surface area (Å²) in [6.07, 6.45) is 1.80. The Balaban J connectivity index is 2.03. The fourth-order valence-electron chi connectivity index (χ4n) is 5.10. The highest BCUT2D eigenvalue weighted by atomic mass is 32.2. The number of nitrogens with one attached hydrogen (secondary N) is 1. The minimum absolute atomic E-state index is 0.162. The molecule has 0 aliphatic carbocycles. The molecule has 0 aromatic heterocycles. The number of carboxylic acid groups (broad SMARTS) is 2. The number of benzene rings is 2. The number of hydrogen-bond acceptors (Lipinski definition) is 13. The molecule has 0 saturated carbocycles. The SMILES string of the molecule is COc1cc(NC(=O)CCCN(C)CC(C(=CC(=O)O)C(=O)O)N(C)CCCSC(=O)c2cc(OC)c(OC)c(OC)c2)cc(OC)c1OC. The molecule has 2 rings (SSSR count). The van der Waals surface area contributed by atoms with E-state index in [-0.39, 0.29) is 29.6 Å². The van der Waals surface area contributed by atoms with Crippen molar-refractivity contribution < 1.29 is 57.8 Å². The molecule has 276 valence electrons. The molecule has 2 aromatic carbocycles. The fourth-order valence-corrected chi connectivity index (χ4v) is 5.84. The predicted octanol–water partition coefficient (Wildman–Crippen LogP) is 3.75. The van der Waals surface area contributed by atoms with Crippen LogP contribution in [0.25, 0.3) is 0 Å². The van der Waals surface area contributed by atoms with Gasteiger partial charge in [-0.2, -0.15) is 0 Å². The first-order chi connectivity index (χ1) is 23.8. The number of methoxy groups -OCH3 is 6. The van der Waals surface area contributed by atoms with Crippen LogP contribution in [0.4, 0.5) is 5.69 Å². The van der Waals surface area contributed by atoms with Crippen molar-refractivity contribution >= 4 is 40.4 Å². The van der Waals surface area contributed by atoms with Gasteiger partial charge in [-0.25, -0.2) is 9.59 Å². The summed E-state index contributed by atoms with van der Waals surface area (Å²) in [6.45, 7) is 0.968. The maximum Gasteiger partial charge on any atom is 0.333 e. The Labute approximate surface area is 296 Å². The lowest BCUT2D eigenvalue weighted by Gasteiger charge is -2.32. The number of aliphatic carboxylic acids is 2. The molecular weight excluding hydrogens is 674 g/mol. The van der Waals surface area contributed by atoms with Crippen molar-refractivity contribution in [1.29, 1.82) is 0 Å². The zero-order chi connectivity index (χ0) is 37.4. The van der Waals surface area contributed by atoms with E-state index in [2.05, 4.69) is 5.32 Å². The van der Waals surface area contributed by atoms with E-state index in [0.29, 0.717) is 83.5 Å². The van der Waals surface area contributed by atoms with Crippen LogP contribution in [0.2, 0.25) is 0 Å². The number of carbonyl (C=O) groups is 4. The van der Waals surface area contributed by atoms with E-state index in [1.165, 1.54) is 42.7 Å². The van der Waals surface area contributed by atoms with Gasteiger partial charge in [0.25, 0.3) is 0 Å². The molecule has 0 radical (unpaired) electrons. The Morgan fingerprint density at radius 2 is 1.30 bits per heavy atom. The third-order valence-corrected chi connectivity index (χ3v) is 8.57. The van der Waals surface area contributed by atoms with Gasteiger partial charge in [0.05, 0.1) is 54.3 Å². The number of carbonyl (C=O) groups excluding carboxylic acids is 2. The highest BCUT2D eigenvalue weighted by molar-refractivity contribution is 8.14. The molecule has 0 aliphatic rings. The molecule has 3 N–H and O–H groups in total. The van der Waals surface area contributed by atoms with Crippen molar-refractivity contribution in [1.82, 2.24) is 9.80 Å². The Bertz CT molecular complexity index is 1470. The molecule has 1 atom stereocenters. The molecule has 16 heteroatoms. The quantitative estimate of drug-likeness (QED) is 0.118. The topological polar surface area (TPSA) is 183 Å². The molecule has 1 unspecified atom stereocenters. The van der Waals surface area contributed by atoms with Crippen molar-refractivity contribution in [2.75, 3.05) is 87.5 Å². The van der Waals surface area contributed by atoms with Crippen LogP contribution in [0.3, 0.4) is 0 Å². The van der Waals surface area contributed by atoms with E-state index >= 15 is 0 Å². The van der Waals surface area contributed by atoms with E-state index in [1.807, 2.05) is 4.90 Å². The van der Waals surface area contributed by atoms with Crippen LogP contribution in [0.5, 0.6) is 34.5 Å². The van der Waals surface area contributed by atoms with Crippen molar-refractivity contribution in [3.05, 3.63) is 41.5 Å². The van der Waals surface area contributed by atoms with Gasteiger partial charge in [0.1, 0.15) is 0 Å². The lowest BCUT2D eigenvalue weighted by atomic mass is 10.0. The molecule has 0 bridgehead atoms. The van der Waals surface area contributed by atoms with Crippen LogP contribution in [0.15, 0.2) is 35.9 Å². The molecule has 0 fully saturated rings. The maximum atomic E-state index is 13.0. The molecule has 0 saturated heterocycles. The first kappa shape index (κ1) is 41.5. The number of anilines is 1. The third-order valence-electron chi connectivity index (χ3n) is 7.58. The Hall–Kier alpha value is -4.67. The molecule has 1 amide bonds. The summed E-state index contributed by atoms with van der Waals surface area (Å²) >= 11 is 1.08. The summed E-state index contributed by atoms with van der Waals surface area (Å²) in [5.41, 5.74) is 0.549. The van der Waals surface area contributed by atoms with Crippen molar-refractivity contribution in [3.8, 4) is 34.5 Å². The van der Waals surface area contributed by atoms with Crippen LogP contribution < -0.4 is 33.7 Å². The van der Waals surface area contributed by atoms with Gasteiger partial charge < -0.3 is 48.9 Å².